The van der Waals surface area contributed by atoms with Crippen molar-refractivity contribution >= 4 is 5.91 Å². The van der Waals surface area contributed by atoms with Crippen LogP contribution in [0.3, 0.4) is 0 Å². The molecule has 6 heteroatoms. The van der Waals surface area contributed by atoms with Gasteiger partial charge in [-0.25, -0.2) is 9.97 Å². The monoisotopic (exact) mass is 354 g/mol. The first kappa shape index (κ1) is 18.3. The number of carbonyl (C=O) groups excluding carboxylic acids is 1. The Kier molecular flexibility index (Phi) is 6.17. The Hall–Kier alpha value is -2.47. The predicted octanol–water partition coefficient (Wildman–Crippen LogP) is 2.64. The van der Waals surface area contributed by atoms with E-state index in [4.69, 9.17) is 9.72 Å². The molecule has 0 saturated carbocycles. The van der Waals surface area contributed by atoms with Crippen molar-refractivity contribution in [3.8, 4) is 5.75 Å². The van der Waals surface area contributed by atoms with E-state index >= 15 is 0 Å². The average Bonchev–Trinajstić information content (AvgIpc) is 3.10. The summed E-state index contributed by atoms with van der Waals surface area (Å²) in [6.45, 7) is 6.43. The summed E-state index contributed by atoms with van der Waals surface area (Å²) >= 11 is 0. The molecule has 26 heavy (non-hydrogen) atoms. The maximum atomic E-state index is 11.3. The highest BCUT2D eigenvalue weighted by molar-refractivity contribution is 5.72. The first-order valence-electron chi connectivity index (χ1n) is 9.12. The highest BCUT2D eigenvalue weighted by Gasteiger charge is 2.29. The van der Waals surface area contributed by atoms with Crippen molar-refractivity contribution in [1.82, 2.24) is 20.2 Å². The SMILES string of the molecule is CC(=O)NCc1cnc(C)nc1C1CCCN1CCOc1ccccc1. The average molecular weight is 354 g/mol. The zero-order chi connectivity index (χ0) is 18.4. The van der Waals surface area contributed by atoms with E-state index in [2.05, 4.69) is 15.2 Å². The molecule has 1 aromatic carbocycles. The van der Waals surface area contributed by atoms with Crippen LogP contribution in [0.15, 0.2) is 36.5 Å². The van der Waals surface area contributed by atoms with Crippen LogP contribution in [0, 0.1) is 6.92 Å². The van der Waals surface area contributed by atoms with Gasteiger partial charge in [0.05, 0.1) is 11.7 Å². The summed E-state index contributed by atoms with van der Waals surface area (Å²) in [4.78, 5) is 22.7. The van der Waals surface area contributed by atoms with E-state index in [1.807, 2.05) is 43.5 Å². The molecule has 1 amide bonds. The second kappa shape index (κ2) is 8.76. The Morgan fingerprint density at radius 3 is 2.92 bits per heavy atom. The van der Waals surface area contributed by atoms with Crippen LogP contribution in [0.25, 0.3) is 0 Å². The Morgan fingerprint density at radius 2 is 2.15 bits per heavy atom. The summed E-state index contributed by atoms with van der Waals surface area (Å²) < 4.78 is 5.85. The second-order valence-electron chi connectivity index (χ2n) is 6.59. The highest BCUT2D eigenvalue weighted by Crippen LogP contribution is 2.32. The summed E-state index contributed by atoms with van der Waals surface area (Å²) in [5, 5.41) is 2.86. The smallest absolute Gasteiger partial charge is 0.217 e. The summed E-state index contributed by atoms with van der Waals surface area (Å²) in [6.07, 6.45) is 4.04. The Labute approximate surface area is 154 Å². The van der Waals surface area contributed by atoms with E-state index in [0.717, 1.165) is 48.8 Å². The third-order valence-corrected chi connectivity index (χ3v) is 4.62. The van der Waals surface area contributed by atoms with Crippen LogP contribution < -0.4 is 10.1 Å². The van der Waals surface area contributed by atoms with Crippen molar-refractivity contribution in [3.05, 3.63) is 53.6 Å². The molecule has 138 valence electrons. The molecule has 2 heterocycles. The van der Waals surface area contributed by atoms with Crippen LogP contribution in [0.2, 0.25) is 0 Å². The van der Waals surface area contributed by atoms with Gasteiger partial charge in [-0.3, -0.25) is 9.69 Å². The summed E-state index contributed by atoms with van der Waals surface area (Å²) in [6, 6.07) is 10.1. The Bertz CT molecular complexity index is 736. The van der Waals surface area contributed by atoms with Gasteiger partial charge in [0, 0.05) is 31.8 Å². The molecule has 1 N–H and O–H groups in total. The van der Waals surface area contributed by atoms with Crippen LogP contribution >= 0.6 is 0 Å². The number of likely N-dealkylation sites (tertiary alicyclic amines) is 1. The molecule has 0 bridgehead atoms. The van der Waals surface area contributed by atoms with Crippen LogP contribution in [-0.2, 0) is 11.3 Å². The van der Waals surface area contributed by atoms with Gasteiger partial charge >= 0.3 is 0 Å². The van der Waals surface area contributed by atoms with Crippen molar-refractivity contribution in [2.24, 2.45) is 0 Å². The van der Waals surface area contributed by atoms with Crippen molar-refractivity contribution in [1.29, 1.82) is 0 Å². The van der Waals surface area contributed by atoms with Crippen molar-refractivity contribution in [3.63, 3.8) is 0 Å². The molecular formula is C20H26N4O2. The summed E-state index contributed by atoms with van der Waals surface area (Å²) in [5.41, 5.74) is 2.02. The lowest BCUT2D eigenvalue weighted by atomic mass is 10.1. The number of hydrogen-bond acceptors (Lipinski definition) is 5. The number of hydrogen-bond donors (Lipinski definition) is 1. The number of rotatable bonds is 7. The fourth-order valence-electron chi connectivity index (χ4n) is 3.36. The van der Waals surface area contributed by atoms with Gasteiger partial charge in [0.15, 0.2) is 0 Å². The quantitative estimate of drug-likeness (QED) is 0.828. The van der Waals surface area contributed by atoms with Crippen molar-refractivity contribution < 1.29 is 9.53 Å². The number of benzene rings is 1. The number of aryl methyl sites for hydroxylation is 1. The molecule has 1 aliphatic rings. The Balaban J connectivity index is 1.67. The first-order valence-corrected chi connectivity index (χ1v) is 9.12. The molecule has 3 rings (SSSR count). The molecule has 1 fully saturated rings. The zero-order valence-electron chi connectivity index (χ0n) is 15.4. The number of para-hydroxylation sites is 1. The second-order valence-corrected chi connectivity index (χ2v) is 6.59. The molecule has 6 nitrogen and oxygen atoms in total. The van der Waals surface area contributed by atoms with Crippen LogP contribution in [0.5, 0.6) is 5.75 Å². The Morgan fingerprint density at radius 1 is 1.35 bits per heavy atom. The van der Waals surface area contributed by atoms with Crippen molar-refractivity contribution in [2.75, 3.05) is 19.7 Å². The third kappa shape index (κ3) is 4.79. The number of ether oxygens (including phenoxy) is 1. The lowest BCUT2D eigenvalue weighted by molar-refractivity contribution is -0.119. The van der Waals surface area contributed by atoms with E-state index in [1.165, 1.54) is 6.92 Å². The standard InChI is InChI=1S/C20H26N4O2/c1-15-21-13-17(14-22-16(2)25)20(23-15)19-9-6-10-24(19)11-12-26-18-7-4-3-5-8-18/h3-5,7-8,13,19H,6,9-12,14H2,1-2H3,(H,22,25). The third-order valence-electron chi connectivity index (χ3n) is 4.62. The fourth-order valence-corrected chi connectivity index (χ4v) is 3.36. The molecule has 2 aromatic rings. The van der Waals surface area contributed by atoms with Gasteiger partial charge in [0.25, 0.3) is 0 Å². The summed E-state index contributed by atoms with van der Waals surface area (Å²) in [7, 11) is 0. The topological polar surface area (TPSA) is 67.4 Å². The molecular weight excluding hydrogens is 328 g/mol. The molecule has 0 spiro atoms. The zero-order valence-corrected chi connectivity index (χ0v) is 15.4. The minimum Gasteiger partial charge on any atom is -0.492 e. The van der Waals surface area contributed by atoms with Crippen LogP contribution in [0.1, 0.15) is 42.9 Å². The van der Waals surface area contributed by atoms with Crippen LogP contribution in [-0.4, -0.2) is 40.5 Å². The number of aromatic nitrogens is 2. The van der Waals surface area contributed by atoms with Gasteiger partial charge in [-0.1, -0.05) is 18.2 Å². The lowest BCUT2D eigenvalue weighted by Crippen LogP contribution is -2.30. The van der Waals surface area contributed by atoms with Gasteiger partial charge in [-0.15, -0.1) is 0 Å². The van der Waals surface area contributed by atoms with E-state index in [0.29, 0.717) is 13.2 Å². The molecule has 1 aliphatic heterocycles. The molecule has 1 saturated heterocycles. The first-order chi connectivity index (χ1) is 12.6. The van der Waals surface area contributed by atoms with E-state index < -0.39 is 0 Å². The highest BCUT2D eigenvalue weighted by atomic mass is 16.5. The number of amides is 1. The van der Waals surface area contributed by atoms with Gasteiger partial charge in [-0.05, 0) is 38.4 Å². The lowest BCUT2D eigenvalue weighted by Gasteiger charge is -2.26. The maximum Gasteiger partial charge on any atom is 0.217 e. The number of nitrogens with zero attached hydrogens (tertiary/aromatic N) is 3. The molecule has 1 atom stereocenters. The van der Waals surface area contributed by atoms with Gasteiger partial charge < -0.3 is 10.1 Å². The fraction of sp³-hybridized carbons (Fsp3) is 0.450. The van der Waals surface area contributed by atoms with Crippen molar-refractivity contribution in [2.45, 2.75) is 39.3 Å². The predicted molar refractivity (Wildman–Crippen MR) is 99.8 cm³/mol. The molecule has 1 aromatic heterocycles. The van der Waals surface area contributed by atoms with E-state index in [1.54, 1.807) is 0 Å². The normalized spacial score (nSPS) is 17.2. The van der Waals surface area contributed by atoms with E-state index in [9.17, 15) is 4.79 Å². The summed E-state index contributed by atoms with van der Waals surface area (Å²) in [5.74, 6) is 1.61. The molecule has 1 unspecified atom stereocenters. The minimum absolute atomic E-state index is 0.0453. The number of carbonyl (C=O) groups is 1. The van der Waals surface area contributed by atoms with Crippen LogP contribution in [0.4, 0.5) is 0 Å². The molecule has 0 aliphatic carbocycles. The van der Waals surface area contributed by atoms with E-state index in [-0.39, 0.29) is 11.9 Å². The maximum absolute atomic E-state index is 11.3. The van der Waals surface area contributed by atoms with Gasteiger partial charge in [-0.2, -0.15) is 0 Å². The van der Waals surface area contributed by atoms with Gasteiger partial charge in [0.2, 0.25) is 5.91 Å². The largest absolute Gasteiger partial charge is 0.492 e. The number of nitrogens with one attached hydrogen (secondary N) is 1. The van der Waals surface area contributed by atoms with Gasteiger partial charge in [0.1, 0.15) is 18.2 Å². The molecule has 0 radical (unpaired) electrons. The minimum atomic E-state index is -0.0453.